The van der Waals surface area contributed by atoms with E-state index in [0.717, 1.165) is 0 Å². The van der Waals surface area contributed by atoms with Gasteiger partial charge in [0.2, 0.25) is 0 Å². The molecule has 0 saturated heterocycles. The maximum absolute atomic E-state index is 11.1. The van der Waals surface area contributed by atoms with Gasteiger partial charge < -0.3 is 0 Å². The van der Waals surface area contributed by atoms with Crippen LogP contribution in [-0.2, 0) is 4.79 Å². The van der Waals surface area contributed by atoms with E-state index in [-0.39, 0.29) is 15.9 Å². The highest BCUT2D eigenvalue weighted by Gasteiger charge is 2.22. The molecule has 15 heavy (non-hydrogen) atoms. The second-order valence-electron chi connectivity index (χ2n) is 2.91. The van der Waals surface area contributed by atoms with Gasteiger partial charge in [0, 0.05) is 6.07 Å². The minimum Gasteiger partial charge on any atom is -0.298 e. The summed E-state index contributed by atoms with van der Waals surface area (Å²) in [6, 6.07) is 4.42. The lowest BCUT2D eigenvalue weighted by atomic mass is 10.1. The number of hydrogen-bond acceptors (Lipinski definition) is 3. The molecule has 0 N–H and O–H groups in total. The van der Waals surface area contributed by atoms with E-state index in [1.807, 2.05) is 0 Å². The fourth-order valence-corrected chi connectivity index (χ4v) is 2.04. The molecule has 0 aliphatic heterocycles. The summed E-state index contributed by atoms with van der Waals surface area (Å²) in [5.74, 6) is -0.252. The van der Waals surface area contributed by atoms with Gasteiger partial charge in [-0.15, -0.1) is 11.6 Å². The molecule has 1 aromatic rings. The summed E-state index contributed by atoms with van der Waals surface area (Å²) < 4.78 is 0.255. The smallest absolute Gasteiger partial charge is 0.283 e. The van der Waals surface area contributed by atoms with Crippen LogP contribution >= 0.6 is 27.5 Å². The van der Waals surface area contributed by atoms with Gasteiger partial charge in [-0.2, -0.15) is 0 Å². The lowest BCUT2D eigenvalue weighted by molar-refractivity contribution is -0.385. The average Bonchev–Trinajstić information content (AvgIpc) is 2.16. The van der Waals surface area contributed by atoms with E-state index in [4.69, 9.17) is 11.6 Å². The number of carbonyl (C=O) groups is 1. The number of ketones is 1. The van der Waals surface area contributed by atoms with Gasteiger partial charge in [0.1, 0.15) is 9.85 Å². The molecule has 0 aliphatic rings. The van der Waals surface area contributed by atoms with E-state index in [2.05, 4.69) is 15.9 Å². The molecule has 4 nitrogen and oxygen atoms in total. The number of nitrogens with zero attached hydrogens (tertiary/aromatic N) is 1. The topological polar surface area (TPSA) is 60.2 Å². The van der Waals surface area contributed by atoms with Crippen LogP contribution in [-0.4, -0.2) is 10.7 Å². The summed E-state index contributed by atoms with van der Waals surface area (Å²) in [6.07, 6.45) is 0. The van der Waals surface area contributed by atoms with Crippen molar-refractivity contribution in [3.8, 4) is 0 Å². The first-order chi connectivity index (χ1) is 6.95. The molecule has 80 valence electrons. The van der Waals surface area contributed by atoms with E-state index < -0.39 is 10.3 Å². The Balaban J connectivity index is 3.26. The van der Waals surface area contributed by atoms with Gasteiger partial charge in [-0.1, -0.05) is 12.1 Å². The van der Waals surface area contributed by atoms with Gasteiger partial charge in [-0.3, -0.25) is 14.9 Å². The van der Waals surface area contributed by atoms with Crippen molar-refractivity contribution in [3.63, 3.8) is 0 Å². The van der Waals surface area contributed by atoms with Crippen LogP contribution in [0.3, 0.4) is 0 Å². The van der Waals surface area contributed by atoms with Crippen molar-refractivity contribution in [2.75, 3.05) is 0 Å². The third-order valence-corrected chi connectivity index (χ3v) is 3.24. The molecule has 1 unspecified atom stereocenters. The number of rotatable bonds is 3. The fraction of sp³-hybridized carbons (Fsp3) is 0.222. The Kier molecular flexibility index (Phi) is 3.82. The Labute approximate surface area is 99.5 Å². The molecule has 1 rings (SSSR count). The van der Waals surface area contributed by atoms with E-state index in [1.54, 1.807) is 6.07 Å². The van der Waals surface area contributed by atoms with Crippen LogP contribution in [0.2, 0.25) is 0 Å². The fourth-order valence-electron chi connectivity index (χ4n) is 1.09. The molecule has 0 amide bonds. The lowest BCUT2D eigenvalue weighted by Gasteiger charge is -2.08. The predicted molar refractivity (Wildman–Crippen MR) is 60.1 cm³/mol. The molecular formula is C9H7BrClNO3. The van der Waals surface area contributed by atoms with E-state index in [0.29, 0.717) is 5.56 Å². The molecule has 6 heteroatoms. The number of alkyl halides is 1. The van der Waals surface area contributed by atoms with Crippen molar-refractivity contribution in [2.45, 2.75) is 12.3 Å². The van der Waals surface area contributed by atoms with Gasteiger partial charge in [0.15, 0.2) is 5.78 Å². The van der Waals surface area contributed by atoms with E-state index in [9.17, 15) is 14.9 Å². The number of benzene rings is 1. The van der Waals surface area contributed by atoms with Crippen LogP contribution < -0.4 is 0 Å². The monoisotopic (exact) mass is 291 g/mol. The molecule has 0 radical (unpaired) electrons. The van der Waals surface area contributed by atoms with Crippen LogP contribution in [0.25, 0.3) is 0 Å². The standard InChI is InChI=1S/C9H7BrClNO3/c1-5(13)9(11)6-3-2-4-7(8(6)10)12(14)15/h2-4,9H,1H3. The SMILES string of the molecule is CC(=O)C(Cl)c1cccc([N+](=O)[O-])c1Br. The Morgan fingerprint density at radius 3 is 2.67 bits per heavy atom. The molecule has 1 atom stereocenters. The number of hydrogen-bond donors (Lipinski definition) is 0. The average molecular weight is 293 g/mol. The Morgan fingerprint density at radius 2 is 2.20 bits per heavy atom. The van der Waals surface area contributed by atoms with Crippen LogP contribution in [0.15, 0.2) is 22.7 Å². The predicted octanol–water partition coefficient (Wildman–Crippen LogP) is 3.23. The van der Waals surface area contributed by atoms with Crippen LogP contribution in [0.1, 0.15) is 17.9 Å². The lowest BCUT2D eigenvalue weighted by Crippen LogP contribution is -2.03. The highest BCUT2D eigenvalue weighted by Crippen LogP contribution is 2.34. The van der Waals surface area contributed by atoms with Crippen molar-refractivity contribution in [1.82, 2.24) is 0 Å². The number of nitro benzene ring substituents is 1. The third-order valence-electron chi connectivity index (χ3n) is 1.83. The number of carbonyl (C=O) groups excluding carboxylic acids is 1. The second kappa shape index (κ2) is 4.72. The molecular weight excluding hydrogens is 285 g/mol. The van der Waals surface area contributed by atoms with Crippen LogP contribution in [0, 0.1) is 10.1 Å². The minimum atomic E-state index is -0.862. The molecule has 0 spiro atoms. The van der Waals surface area contributed by atoms with E-state index >= 15 is 0 Å². The first-order valence-electron chi connectivity index (χ1n) is 4.02. The van der Waals surface area contributed by atoms with Gasteiger partial charge >= 0.3 is 0 Å². The summed E-state index contributed by atoms with van der Waals surface area (Å²) in [4.78, 5) is 21.1. The van der Waals surface area contributed by atoms with E-state index in [1.165, 1.54) is 19.1 Å². The second-order valence-corrected chi connectivity index (χ2v) is 4.14. The highest BCUT2D eigenvalue weighted by atomic mass is 79.9. The first kappa shape index (κ1) is 12.1. The quantitative estimate of drug-likeness (QED) is 0.488. The Bertz CT molecular complexity index is 422. The molecule has 0 saturated carbocycles. The molecule has 0 aromatic heterocycles. The summed E-state index contributed by atoms with van der Waals surface area (Å²) in [5, 5.41) is 9.75. The zero-order valence-electron chi connectivity index (χ0n) is 7.74. The zero-order valence-corrected chi connectivity index (χ0v) is 10.1. The number of Topliss-reactive ketones (excluding diaryl/α,β-unsaturated/α-hetero) is 1. The summed E-state index contributed by atoms with van der Waals surface area (Å²) in [7, 11) is 0. The molecule has 0 bridgehead atoms. The van der Waals surface area contributed by atoms with Crippen molar-refractivity contribution in [3.05, 3.63) is 38.3 Å². The highest BCUT2D eigenvalue weighted by molar-refractivity contribution is 9.10. The third kappa shape index (κ3) is 2.54. The summed E-state index contributed by atoms with van der Waals surface area (Å²) in [6.45, 7) is 1.34. The molecule has 0 fully saturated rings. The minimum absolute atomic E-state index is 0.0978. The number of nitro groups is 1. The maximum Gasteiger partial charge on any atom is 0.283 e. The molecule has 0 aliphatic carbocycles. The largest absolute Gasteiger partial charge is 0.298 e. The Morgan fingerprint density at radius 1 is 1.60 bits per heavy atom. The van der Waals surface area contributed by atoms with Crippen molar-refractivity contribution >= 4 is 39.0 Å². The van der Waals surface area contributed by atoms with Gasteiger partial charge in [0.05, 0.1) is 4.92 Å². The van der Waals surface area contributed by atoms with Crippen molar-refractivity contribution in [1.29, 1.82) is 0 Å². The van der Waals surface area contributed by atoms with Gasteiger partial charge in [-0.25, -0.2) is 0 Å². The zero-order chi connectivity index (χ0) is 11.6. The maximum atomic E-state index is 11.1. The Hall–Kier alpha value is -0.940. The van der Waals surface area contributed by atoms with Crippen LogP contribution in [0.4, 0.5) is 5.69 Å². The number of halogens is 2. The van der Waals surface area contributed by atoms with Crippen molar-refractivity contribution < 1.29 is 9.72 Å². The van der Waals surface area contributed by atoms with Crippen LogP contribution in [0.5, 0.6) is 0 Å². The first-order valence-corrected chi connectivity index (χ1v) is 5.25. The van der Waals surface area contributed by atoms with Crippen molar-refractivity contribution in [2.24, 2.45) is 0 Å². The van der Waals surface area contributed by atoms with Gasteiger partial charge in [-0.05, 0) is 28.4 Å². The summed E-state index contributed by atoms with van der Waals surface area (Å²) in [5.41, 5.74) is 0.317. The van der Waals surface area contributed by atoms with Gasteiger partial charge in [0.25, 0.3) is 5.69 Å². The normalized spacial score (nSPS) is 12.2. The summed E-state index contributed by atoms with van der Waals surface area (Å²) >= 11 is 8.89. The molecule has 0 heterocycles. The molecule has 1 aromatic carbocycles.